The standard InChI is InChI=1S/C15H20N2O3/c1-5-10-17(15(2,3)4)14(20)16-12-8-6-11(7-9-12)13(18)19/h5-9H,1,10H2,2-4H3,(H,16,20)(H,18,19). The molecule has 0 spiro atoms. The molecule has 20 heavy (non-hydrogen) atoms. The minimum Gasteiger partial charge on any atom is -0.478 e. The molecule has 0 saturated heterocycles. The van der Waals surface area contributed by atoms with Gasteiger partial charge in [0.2, 0.25) is 0 Å². The van der Waals surface area contributed by atoms with Crippen LogP contribution < -0.4 is 5.32 Å². The molecule has 0 bridgehead atoms. The van der Waals surface area contributed by atoms with Crippen molar-refractivity contribution in [2.75, 3.05) is 11.9 Å². The Labute approximate surface area is 118 Å². The van der Waals surface area contributed by atoms with Crippen LogP contribution >= 0.6 is 0 Å². The Kier molecular flexibility index (Phi) is 4.91. The molecule has 2 amide bonds. The quantitative estimate of drug-likeness (QED) is 0.830. The van der Waals surface area contributed by atoms with Gasteiger partial charge in [-0.15, -0.1) is 6.58 Å². The summed E-state index contributed by atoms with van der Waals surface area (Å²) in [6.45, 7) is 9.88. The second kappa shape index (κ2) is 6.23. The molecule has 0 aliphatic carbocycles. The normalized spacial score (nSPS) is 10.8. The third-order valence-corrected chi connectivity index (χ3v) is 2.75. The van der Waals surface area contributed by atoms with Crippen molar-refractivity contribution in [2.24, 2.45) is 0 Å². The van der Waals surface area contributed by atoms with Crippen molar-refractivity contribution in [1.29, 1.82) is 0 Å². The minimum atomic E-state index is -0.995. The number of anilines is 1. The highest BCUT2D eigenvalue weighted by atomic mass is 16.4. The smallest absolute Gasteiger partial charge is 0.335 e. The largest absolute Gasteiger partial charge is 0.478 e. The van der Waals surface area contributed by atoms with Crippen LogP contribution in [0.25, 0.3) is 0 Å². The Morgan fingerprint density at radius 3 is 2.25 bits per heavy atom. The molecule has 0 saturated carbocycles. The molecular weight excluding hydrogens is 256 g/mol. The molecule has 0 aliphatic rings. The number of carboxylic acid groups (broad SMARTS) is 1. The Bertz CT molecular complexity index is 501. The first kappa shape index (κ1) is 15.8. The summed E-state index contributed by atoms with van der Waals surface area (Å²) in [5, 5.41) is 11.6. The molecule has 5 heteroatoms. The summed E-state index contributed by atoms with van der Waals surface area (Å²) in [6.07, 6.45) is 1.67. The SMILES string of the molecule is C=CCN(C(=O)Nc1ccc(C(=O)O)cc1)C(C)(C)C. The third-order valence-electron chi connectivity index (χ3n) is 2.75. The zero-order valence-electron chi connectivity index (χ0n) is 12.0. The number of rotatable bonds is 4. The van der Waals surface area contributed by atoms with Crippen LogP contribution in [0.1, 0.15) is 31.1 Å². The minimum absolute atomic E-state index is 0.182. The average molecular weight is 276 g/mol. The molecule has 0 unspecified atom stereocenters. The van der Waals surface area contributed by atoms with Crippen LogP contribution in [0.4, 0.5) is 10.5 Å². The monoisotopic (exact) mass is 276 g/mol. The second-order valence-electron chi connectivity index (χ2n) is 5.38. The van der Waals surface area contributed by atoms with E-state index >= 15 is 0 Å². The summed E-state index contributed by atoms with van der Waals surface area (Å²) in [7, 11) is 0. The molecule has 0 radical (unpaired) electrons. The van der Waals surface area contributed by atoms with Gasteiger partial charge in [0.25, 0.3) is 0 Å². The lowest BCUT2D eigenvalue weighted by molar-refractivity contribution is 0.0697. The van der Waals surface area contributed by atoms with Crippen molar-refractivity contribution in [1.82, 2.24) is 4.90 Å². The Morgan fingerprint density at radius 1 is 1.30 bits per heavy atom. The molecule has 0 heterocycles. The number of hydrogen-bond donors (Lipinski definition) is 2. The van der Waals surface area contributed by atoms with E-state index in [9.17, 15) is 9.59 Å². The van der Waals surface area contributed by atoms with Crippen LogP contribution in [0.15, 0.2) is 36.9 Å². The Balaban J connectivity index is 2.82. The van der Waals surface area contributed by atoms with E-state index in [4.69, 9.17) is 5.11 Å². The van der Waals surface area contributed by atoms with Crippen molar-refractivity contribution in [3.8, 4) is 0 Å². The molecule has 1 aromatic rings. The van der Waals surface area contributed by atoms with E-state index in [1.807, 2.05) is 20.8 Å². The maximum atomic E-state index is 12.2. The molecule has 2 N–H and O–H groups in total. The highest BCUT2D eigenvalue weighted by molar-refractivity contribution is 5.92. The number of carboxylic acids is 1. The first-order chi connectivity index (χ1) is 9.25. The summed E-state index contributed by atoms with van der Waals surface area (Å²) in [6, 6.07) is 5.78. The molecule has 5 nitrogen and oxygen atoms in total. The summed E-state index contributed by atoms with van der Waals surface area (Å²) in [4.78, 5) is 24.6. The van der Waals surface area contributed by atoms with Crippen molar-refractivity contribution in [3.63, 3.8) is 0 Å². The number of benzene rings is 1. The van der Waals surface area contributed by atoms with E-state index in [-0.39, 0.29) is 17.1 Å². The second-order valence-corrected chi connectivity index (χ2v) is 5.38. The van der Waals surface area contributed by atoms with Crippen molar-refractivity contribution >= 4 is 17.7 Å². The third kappa shape index (κ3) is 4.12. The van der Waals surface area contributed by atoms with Gasteiger partial charge < -0.3 is 15.3 Å². The number of carbonyl (C=O) groups is 2. The predicted molar refractivity (Wildman–Crippen MR) is 79.1 cm³/mol. The maximum Gasteiger partial charge on any atom is 0.335 e. The fourth-order valence-electron chi connectivity index (χ4n) is 1.68. The van der Waals surface area contributed by atoms with Gasteiger partial charge in [0.1, 0.15) is 0 Å². The predicted octanol–water partition coefficient (Wildman–Crippen LogP) is 3.20. The van der Waals surface area contributed by atoms with Crippen molar-refractivity contribution in [3.05, 3.63) is 42.5 Å². The number of aromatic carboxylic acids is 1. The highest BCUT2D eigenvalue weighted by Crippen LogP contribution is 2.16. The van der Waals surface area contributed by atoms with E-state index in [2.05, 4.69) is 11.9 Å². The van der Waals surface area contributed by atoms with E-state index in [0.717, 1.165) is 0 Å². The zero-order chi connectivity index (χ0) is 15.3. The summed E-state index contributed by atoms with van der Waals surface area (Å²) < 4.78 is 0. The van der Waals surface area contributed by atoms with Gasteiger partial charge in [-0.05, 0) is 45.0 Å². The van der Waals surface area contributed by atoms with Gasteiger partial charge >= 0.3 is 12.0 Å². The van der Waals surface area contributed by atoms with Crippen LogP contribution in [0.5, 0.6) is 0 Å². The van der Waals surface area contributed by atoms with Crippen molar-refractivity contribution in [2.45, 2.75) is 26.3 Å². The lowest BCUT2D eigenvalue weighted by Crippen LogP contribution is -2.47. The van der Waals surface area contributed by atoms with Gasteiger partial charge in [-0.1, -0.05) is 6.08 Å². The molecule has 1 aromatic carbocycles. The van der Waals surface area contributed by atoms with Gasteiger partial charge in [-0.2, -0.15) is 0 Å². The van der Waals surface area contributed by atoms with E-state index < -0.39 is 5.97 Å². The fourth-order valence-corrected chi connectivity index (χ4v) is 1.68. The highest BCUT2D eigenvalue weighted by Gasteiger charge is 2.25. The number of nitrogens with zero attached hydrogens (tertiary/aromatic N) is 1. The van der Waals surface area contributed by atoms with Crippen molar-refractivity contribution < 1.29 is 14.7 Å². The molecule has 0 aromatic heterocycles. The van der Waals surface area contributed by atoms with Gasteiger partial charge in [0, 0.05) is 17.8 Å². The summed E-state index contributed by atoms with van der Waals surface area (Å²) in [5.74, 6) is -0.995. The van der Waals surface area contributed by atoms with E-state index in [1.165, 1.54) is 12.1 Å². The number of amides is 2. The summed E-state index contributed by atoms with van der Waals surface area (Å²) in [5.41, 5.74) is 0.402. The number of nitrogens with one attached hydrogen (secondary N) is 1. The first-order valence-electron chi connectivity index (χ1n) is 6.28. The lowest BCUT2D eigenvalue weighted by Gasteiger charge is -2.34. The molecule has 0 fully saturated rings. The van der Waals surface area contributed by atoms with Gasteiger partial charge in [0.05, 0.1) is 5.56 Å². The van der Waals surface area contributed by atoms with Crippen LogP contribution in [0.2, 0.25) is 0 Å². The van der Waals surface area contributed by atoms with E-state index in [0.29, 0.717) is 12.2 Å². The van der Waals surface area contributed by atoms with Gasteiger partial charge in [0.15, 0.2) is 0 Å². The molecule has 0 atom stereocenters. The fraction of sp³-hybridized carbons (Fsp3) is 0.333. The topological polar surface area (TPSA) is 69.6 Å². The van der Waals surface area contributed by atoms with Crippen LogP contribution in [0, 0.1) is 0 Å². The number of urea groups is 1. The molecule has 0 aliphatic heterocycles. The number of hydrogen-bond acceptors (Lipinski definition) is 2. The van der Waals surface area contributed by atoms with E-state index in [1.54, 1.807) is 23.1 Å². The molecular formula is C15H20N2O3. The van der Waals surface area contributed by atoms with Crippen LogP contribution in [-0.4, -0.2) is 34.1 Å². The van der Waals surface area contributed by atoms with Crippen LogP contribution in [0.3, 0.4) is 0 Å². The summed E-state index contributed by atoms with van der Waals surface area (Å²) >= 11 is 0. The Hall–Kier alpha value is -2.30. The van der Waals surface area contributed by atoms with Crippen LogP contribution in [-0.2, 0) is 0 Å². The maximum absolute atomic E-state index is 12.2. The van der Waals surface area contributed by atoms with Gasteiger partial charge in [-0.25, -0.2) is 9.59 Å². The molecule has 1 rings (SSSR count). The lowest BCUT2D eigenvalue weighted by atomic mass is 10.1. The zero-order valence-corrected chi connectivity index (χ0v) is 12.0. The molecule has 108 valence electrons. The first-order valence-corrected chi connectivity index (χ1v) is 6.28. The van der Waals surface area contributed by atoms with Gasteiger partial charge in [-0.3, -0.25) is 0 Å². The average Bonchev–Trinajstić information content (AvgIpc) is 2.35. The Morgan fingerprint density at radius 2 is 1.85 bits per heavy atom. The number of carbonyl (C=O) groups excluding carboxylic acids is 1.